The summed E-state index contributed by atoms with van der Waals surface area (Å²) in [5.41, 5.74) is 6.42. The van der Waals surface area contributed by atoms with Gasteiger partial charge in [0.1, 0.15) is 6.61 Å². The summed E-state index contributed by atoms with van der Waals surface area (Å²) in [6, 6.07) is 9.62. The summed E-state index contributed by atoms with van der Waals surface area (Å²) in [5.74, 6) is 0.0186. The van der Waals surface area contributed by atoms with E-state index < -0.39 is 0 Å². The van der Waals surface area contributed by atoms with Crippen molar-refractivity contribution in [1.82, 2.24) is 16.0 Å². The number of unbranched alkanes of at least 4 members (excludes halogenated alkanes) is 8. The number of hydrogen-bond donors (Lipinski definition) is 4. The van der Waals surface area contributed by atoms with Crippen LogP contribution in [0.2, 0.25) is 0 Å². The fraction of sp³-hybridized carbons (Fsp3) is 0.677. The van der Waals surface area contributed by atoms with Crippen LogP contribution in [0.1, 0.15) is 108 Å². The summed E-state index contributed by atoms with van der Waals surface area (Å²) in [6.45, 7) is 2.90. The van der Waals surface area contributed by atoms with Crippen LogP contribution >= 0.6 is 12.4 Å². The van der Waals surface area contributed by atoms with Gasteiger partial charge in [0, 0.05) is 45.3 Å². The molecule has 0 saturated heterocycles. The van der Waals surface area contributed by atoms with Crippen LogP contribution < -0.4 is 21.7 Å². The van der Waals surface area contributed by atoms with Crippen molar-refractivity contribution < 1.29 is 23.9 Å². The van der Waals surface area contributed by atoms with Gasteiger partial charge < -0.3 is 26.4 Å². The third kappa shape index (κ3) is 24.8. The van der Waals surface area contributed by atoms with Crippen LogP contribution in [0.4, 0.5) is 0 Å². The molecule has 3 amide bonds. The lowest BCUT2D eigenvalue weighted by atomic mass is 10.1. The predicted molar refractivity (Wildman–Crippen MR) is 165 cm³/mol. The summed E-state index contributed by atoms with van der Waals surface area (Å²) < 4.78 is 5.26. The molecule has 5 N–H and O–H groups in total. The van der Waals surface area contributed by atoms with E-state index in [0.717, 1.165) is 82.6 Å². The molecule has 1 aromatic rings. The number of nitrogens with two attached hydrogens (primary N) is 1. The van der Waals surface area contributed by atoms with E-state index in [0.29, 0.717) is 58.5 Å². The summed E-state index contributed by atoms with van der Waals surface area (Å²) in [5, 5.41) is 8.80. The zero-order valence-corrected chi connectivity index (χ0v) is 25.6. The van der Waals surface area contributed by atoms with Crippen molar-refractivity contribution >= 4 is 36.1 Å². The molecule has 0 unspecified atom stereocenters. The number of hydrogen-bond acceptors (Lipinski definition) is 6. The van der Waals surface area contributed by atoms with Crippen molar-refractivity contribution in [2.75, 3.05) is 26.2 Å². The molecule has 0 heterocycles. The van der Waals surface area contributed by atoms with Crippen molar-refractivity contribution in [3.05, 3.63) is 35.9 Å². The molecule has 1 aromatic carbocycles. The largest absolute Gasteiger partial charge is 0.461 e. The lowest BCUT2D eigenvalue weighted by Crippen LogP contribution is -2.25. The number of ether oxygens (including phenoxy) is 1. The molecule has 0 fully saturated rings. The van der Waals surface area contributed by atoms with E-state index in [1.807, 2.05) is 30.3 Å². The first-order valence-electron chi connectivity index (χ1n) is 15.2. The number of halogens is 1. The van der Waals surface area contributed by atoms with Crippen molar-refractivity contribution in [3.8, 4) is 0 Å². The summed E-state index contributed by atoms with van der Waals surface area (Å²) in [4.78, 5) is 47.4. The van der Waals surface area contributed by atoms with Crippen LogP contribution in [0.3, 0.4) is 0 Å². The quantitative estimate of drug-likeness (QED) is 0.0953. The number of amides is 3. The monoisotopic (exact) mass is 596 g/mol. The molecular weight excluding hydrogens is 544 g/mol. The lowest BCUT2D eigenvalue weighted by Gasteiger charge is -2.07. The number of rotatable bonds is 25. The Balaban J connectivity index is 0.0000160. The summed E-state index contributed by atoms with van der Waals surface area (Å²) >= 11 is 0. The number of carbonyl (C=O) groups excluding carboxylic acids is 4. The van der Waals surface area contributed by atoms with Gasteiger partial charge in [0.15, 0.2) is 0 Å². The zero-order chi connectivity index (χ0) is 29.1. The SMILES string of the molecule is Cl.NCCCCCC(=O)NCCCCCC(=O)NCCCCCC(=O)NCCCCCC(=O)OCc1ccccc1. The number of carbonyl (C=O) groups is 4. The second kappa shape index (κ2) is 27.5. The van der Waals surface area contributed by atoms with Crippen LogP contribution in [0.25, 0.3) is 0 Å². The summed E-state index contributed by atoms with van der Waals surface area (Å²) in [7, 11) is 0. The van der Waals surface area contributed by atoms with Gasteiger partial charge in [-0.2, -0.15) is 0 Å². The highest BCUT2D eigenvalue weighted by Crippen LogP contribution is 2.06. The molecule has 1 rings (SSSR count). The van der Waals surface area contributed by atoms with Crippen molar-refractivity contribution in [3.63, 3.8) is 0 Å². The highest BCUT2D eigenvalue weighted by molar-refractivity contribution is 5.85. The molecule has 0 aromatic heterocycles. The Bertz CT molecular complexity index is 826. The molecular formula is C31H53ClN4O5. The minimum atomic E-state index is -0.188. The summed E-state index contributed by atoms with van der Waals surface area (Å²) in [6.07, 6.45) is 12.4. The molecule has 0 radical (unpaired) electrons. The third-order valence-corrected chi connectivity index (χ3v) is 6.54. The number of benzene rings is 1. The topological polar surface area (TPSA) is 140 Å². The van der Waals surface area contributed by atoms with Gasteiger partial charge >= 0.3 is 5.97 Å². The highest BCUT2D eigenvalue weighted by atomic mass is 35.5. The van der Waals surface area contributed by atoms with Gasteiger partial charge in [0.2, 0.25) is 17.7 Å². The van der Waals surface area contributed by atoms with Crippen molar-refractivity contribution in [1.29, 1.82) is 0 Å². The molecule has 9 nitrogen and oxygen atoms in total. The molecule has 0 spiro atoms. The second-order valence-electron chi connectivity index (χ2n) is 10.2. The van der Waals surface area contributed by atoms with Crippen molar-refractivity contribution in [2.45, 2.75) is 109 Å². The molecule has 0 aliphatic heterocycles. The fourth-order valence-electron chi connectivity index (χ4n) is 4.11. The minimum Gasteiger partial charge on any atom is -0.461 e. The van der Waals surface area contributed by atoms with Crippen LogP contribution in [0.5, 0.6) is 0 Å². The Morgan fingerprint density at radius 3 is 1.41 bits per heavy atom. The molecule has 0 saturated carbocycles. The minimum absolute atomic E-state index is 0. The Morgan fingerprint density at radius 2 is 0.976 bits per heavy atom. The first kappa shape index (κ1) is 38.4. The first-order valence-corrected chi connectivity index (χ1v) is 15.2. The molecule has 0 aliphatic carbocycles. The van der Waals surface area contributed by atoms with E-state index in [-0.39, 0.29) is 36.1 Å². The molecule has 0 aliphatic rings. The second-order valence-corrected chi connectivity index (χ2v) is 10.2. The Kier molecular flexibility index (Phi) is 25.7. The maximum atomic E-state index is 12.0. The normalized spacial score (nSPS) is 10.4. The molecule has 0 bridgehead atoms. The van der Waals surface area contributed by atoms with E-state index in [1.54, 1.807) is 0 Å². The van der Waals surface area contributed by atoms with Crippen molar-refractivity contribution in [2.24, 2.45) is 5.73 Å². The smallest absolute Gasteiger partial charge is 0.306 e. The van der Waals surface area contributed by atoms with Gasteiger partial charge in [-0.25, -0.2) is 0 Å². The van der Waals surface area contributed by atoms with E-state index in [2.05, 4.69) is 16.0 Å². The third-order valence-electron chi connectivity index (χ3n) is 6.54. The maximum absolute atomic E-state index is 12.0. The Morgan fingerprint density at radius 1 is 0.561 bits per heavy atom. The average Bonchev–Trinajstić information content (AvgIpc) is 2.96. The van der Waals surface area contributed by atoms with Crippen LogP contribution in [-0.2, 0) is 30.5 Å². The van der Waals surface area contributed by atoms with E-state index in [9.17, 15) is 19.2 Å². The molecule has 0 atom stereocenters. The molecule has 41 heavy (non-hydrogen) atoms. The Labute approximate surface area is 252 Å². The molecule has 234 valence electrons. The van der Waals surface area contributed by atoms with Crippen LogP contribution in [0.15, 0.2) is 30.3 Å². The van der Waals surface area contributed by atoms with Gasteiger partial charge in [-0.15, -0.1) is 12.4 Å². The van der Waals surface area contributed by atoms with Gasteiger partial charge in [-0.1, -0.05) is 56.0 Å². The lowest BCUT2D eigenvalue weighted by molar-refractivity contribution is -0.145. The van der Waals surface area contributed by atoms with Gasteiger partial charge in [-0.05, 0) is 63.5 Å². The molecule has 10 heteroatoms. The highest BCUT2D eigenvalue weighted by Gasteiger charge is 2.05. The zero-order valence-electron chi connectivity index (χ0n) is 24.8. The number of esters is 1. The maximum Gasteiger partial charge on any atom is 0.306 e. The van der Waals surface area contributed by atoms with Gasteiger partial charge in [0.25, 0.3) is 0 Å². The van der Waals surface area contributed by atoms with E-state index >= 15 is 0 Å². The first-order chi connectivity index (χ1) is 19.5. The van der Waals surface area contributed by atoms with E-state index in [1.165, 1.54) is 0 Å². The Hall–Kier alpha value is -2.65. The van der Waals surface area contributed by atoms with E-state index in [4.69, 9.17) is 10.5 Å². The average molecular weight is 597 g/mol. The van der Waals surface area contributed by atoms with Crippen LogP contribution in [0, 0.1) is 0 Å². The predicted octanol–water partition coefficient (Wildman–Crippen LogP) is 4.70. The van der Waals surface area contributed by atoms with Gasteiger partial charge in [-0.3, -0.25) is 19.2 Å². The van der Waals surface area contributed by atoms with Crippen LogP contribution in [-0.4, -0.2) is 49.9 Å². The standard InChI is InChI=1S/C31H52N4O5.ClH/c32-22-12-2-8-18-28(36)33-23-13-3-9-19-29(37)34-24-14-4-10-20-30(38)35-25-15-5-11-21-31(39)40-26-27-16-6-1-7-17-27;/h1,6-7,16-17H,2-5,8-15,18-26,32H2,(H,33,36)(H,34,37)(H,35,38);1H. The van der Waals surface area contributed by atoms with Gasteiger partial charge in [0.05, 0.1) is 0 Å². The fourth-order valence-corrected chi connectivity index (χ4v) is 4.11. The number of nitrogens with one attached hydrogen (secondary N) is 3.